The van der Waals surface area contributed by atoms with Gasteiger partial charge >= 0.3 is 0 Å². The van der Waals surface area contributed by atoms with Gasteiger partial charge < -0.3 is 20.3 Å². The first-order valence-corrected chi connectivity index (χ1v) is 9.65. The third-order valence-corrected chi connectivity index (χ3v) is 5.23. The number of hydrogen-bond acceptors (Lipinski definition) is 4. The third kappa shape index (κ3) is 5.01. The molecule has 3 rings (SSSR count). The van der Waals surface area contributed by atoms with Gasteiger partial charge in [0.2, 0.25) is 0 Å². The smallest absolute Gasteiger partial charge is 0.255 e. The molecular weight excluding hydrogens is 338 g/mol. The lowest BCUT2D eigenvalue weighted by Crippen LogP contribution is -2.39. The number of carbonyl (C=O) groups is 1. The highest BCUT2D eigenvalue weighted by Crippen LogP contribution is 2.26. The van der Waals surface area contributed by atoms with E-state index in [0.717, 1.165) is 55.2 Å². The molecule has 1 fully saturated rings. The number of methoxy groups -OCH3 is 1. The summed E-state index contributed by atoms with van der Waals surface area (Å²) in [4.78, 5) is 15.1. The Balaban J connectivity index is 1.67. The van der Waals surface area contributed by atoms with E-state index < -0.39 is 0 Å². The van der Waals surface area contributed by atoms with Crippen LogP contribution in [0.5, 0.6) is 5.75 Å². The summed E-state index contributed by atoms with van der Waals surface area (Å²) in [6.45, 7) is 2.72. The van der Waals surface area contributed by atoms with Gasteiger partial charge in [0, 0.05) is 18.8 Å². The number of nitrogens with one attached hydrogen (secondary N) is 2. The number of nitrogens with zero attached hydrogens (tertiary/aromatic N) is 1. The van der Waals surface area contributed by atoms with Gasteiger partial charge in [-0.3, -0.25) is 4.79 Å². The minimum atomic E-state index is 0.110. The normalized spacial score (nSPS) is 14.8. The molecule has 1 amide bonds. The number of amides is 1. The first kappa shape index (κ1) is 19.2. The maximum absolute atomic E-state index is 13.1. The molecule has 0 spiro atoms. The highest BCUT2D eigenvalue weighted by atomic mass is 16.5. The van der Waals surface area contributed by atoms with Gasteiger partial charge in [0.05, 0.1) is 18.4 Å². The molecule has 0 aliphatic carbocycles. The summed E-state index contributed by atoms with van der Waals surface area (Å²) in [5.74, 6) is 1.64. The van der Waals surface area contributed by atoms with Crippen molar-refractivity contribution in [1.29, 1.82) is 0 Å². The predicted octanol–water partition coefficient (Wildman–Crippen LogP) is 3.90. The molecule has 5 nitrogen and oxygen atoms in total. The van der Waals surface area contributed by atoms with Gasteiger partial charge in [-0.2, -0.15) is 0 Å². The number of piperidine rings is 1. The molecule has 0 saturated carbocycles. The lowest BCUT2D eigenvalue weighted by Gasteiger charge is -2.32. The van der Waals surface area contributed by atoms with Crippen molar-refractivity contribution in [2.45, 2.75) is 19.3 Å². The Kier molecular flexibility index (Phi) is 6.71. The zero-order chi connectivity index (χ0) is 19.1. The molecule has 1 aliphatic heterocycles. The second kappa shape index (κ2) is 9.42. The van der Waals surface area contributed by atoms with Crippen molar-refractivity contribution in [2.75, 3.05) is 39.1 Å². The summed E-state index contributed by atoms with van der Waals surface area (Å²) in [6, 6.07) is 15.4. The van der Waals surface area contributed by atoms with Crippen LogP contribution in [0.1, 0.15) is 29.6 Å². The van der Waals surface area contributed by atoms with Crippen LogP contribution in [0.4, 0.5) is 11.4 Å². The summed E-state index contributed by atoms with van der Waals surface area (Å²) >= 11 is 0. The van der Waals surface area contributed by atoms with Gasteiger partial charge in [0.15, 0.2) is 0 Å². The monoisotopic (exact) mass is 367 g/mol. The van der Waals surface area contributed by atoms with Crippen LogP contribution in [0.25, 0.3) is 0 Å². The van der Waals surface area contributed by atoms with Gasteiger partial charge in [-0.15, -0.1) is 0 Å². The third-order valence-electron chi connectivity index (χ3n) is 5.23. The van der Waals surface area contributed by atoms with E-state index in [-0.39, 0.29) is 5.91 Å². The van der Waals surface area contributed by atoms with Crippen molar-refractivity contribution >= 4 is 17.3 Å². The van der Waals surface area contributed by atoms with Crippen LogP contribution in [-0.2, 0) is 0 Å². The molecule has 0 atom stereocenters. The van der Waals surface area contributed by atoms with E-state index in [4.69, 9.17) is 4.74 Å². The van der Waals surface area contributed by atoms with Crippen LogP contribution in [0, 0.1) is 5.92 Å². The second-order valence-electron chi connectivity index (χ2n) is 7.03. The number of rotatable bonds is 7. The molecule has 1 aliphatic rings. The average molecular weight is 367 g/mol. The number of benzene rings is 2. The summed E-state index contributed by atoms with van der Waals surface area (Å²) in [5, 5.41) is 6.59. The van der Waals surface area contributed by atoms with Gasteiger partial charge in [0.25, 0.3) is 5.91 Å². The molecule has 0 aromatic heterocycles. The van der Waals surface area contributed by atoms with Gasteiger partial charge in [-0.1, -0.05) is 12.1 Å². The number of hydrogen-bond donors (Lipinski definition) is 2. The van der Waals surface area contributed by atoms with Crippen molar-refractivity contribution in [3.05, 3.63) is 54.1 Å². The molecule has 5 heteroatoms. The second-order valence-corrected chi connectivity index (χ2v) is 7.03. The predicted molar refractivity (Wildman–Crippen MR) is 110 cm³/mol. The zero-order valence-corrected chi connectivity index (χ0v) is 16.2. The highest BCUT2D eigenvalue weighted by molar-refractivity contribution is 6.00. The fraction of sp³-hybridized carbons (Fsp3) is 0.409. The summed E-state index contributed by atoms with van der Waals surface area (Å²) in [5.41, 5.74) is 2.49. The van der Waals surface area contributed by atoms with Crippen molar-refractivity contribution < 1.29 is 9.53 Å². The Hall–Kier alpha value is -2.53. The molecule has 144 valence electrons. The Morgan fingerprint density at radius 2 is 1.81 bits per heavy atom. The largest absolute Gasteiger partial charge is 0.497 e. The van der Waals surface area contributed by atoms with Crippen molar-refractivity contribution in [3.8, 4) is 5.75 Å². The topological polar surface area (TPSA) is 53.6 Å². The van der Waals surface area contributed by atoms with E-state index in [9.17, 15) is 4.79 Å². The fourth-order valence-electron chi connectivity index (χ4n) is 3.55. The lowest BCUT2D eigenvalue weighted by atomic mass is 9.93. The standard InChI is InChI=1S/C22H29N3O2/c1-23-14-11-17-12-15-25(16-13-17)22(26)20-5-3-4-6-21(20)24-18-7-9-19(27-2)10-8-18/h3-10,17,23-24H,11-16H2,1-2H3. The van der Waals surface area contributed by atoms with E-state index in [1.807, 2.05) is 60.5 Å². The van der Waals surface area contributed by atoms with E-state index in [1.165, 1.54) is 6.42 Å². The zero-order valence-electron chi connectivity index (χ0n) is 16.2. The van der Waals surface area contributed by atoms with Gasteiger partial charge in [0.1, 0.15) is 5.75 Å². The number of carbonyl (C=O) groups excluding carboxylic acids is 1. The molecular formula is C22H29N3O2. The Labute approximate surface area is 161 Å². The van der Waals surface area contributed by atoms with Crippen LogP contribution in [0.3, 0.4) is 0 Å². The first-order chi connectivity index (χ1) is 13.2. The van der Waals surface area contributed by atoms with E-state index in [0.29, 0.717) is 5.92 Å². The van der Waals surface area contributed by atoms with Crippen molar-refractivity contribution in [3.63, 3.8) is 0 Å². The number of para-hydroxylation sites is 1. The van der Waals surface area contributed by atoms with Crippen LogP contribution >= 0.6 is 0 Å². The molecule has 0 unspecified atom stereocenters. The highest BCUT2D eigenvalue weighted by Gasteiger charge is 2.24. The van der Waals surface area contributed by atoms with Crippen molar-refractivity contribution in [2.24, 2.45) is 5.92 Å². The molecule has 2 N–H and O–H groups in total. The quantitative estimate of drug-likeness (QED) is 0.779. The maximum Gasteiger partial charge on any atom is 0.255 e. The fourth-order valence-corrected chi connectivity index (χ4v) is 3.55. The minimum absolute atomic E-state index is 0.110. The SMILES string of the molecule is CNCCC1CCN(C(=O)c2ccccc2Nc2ccc(OC)cc2)CC1. The van der Waals surface area contributed by atoms with Crippen molar-refractivity contribution in [1.82, 2.24) is 10.2 Å². The number of ether oxygens (including phenoxy) is 1. The Bertz CT molecular complexity index is 737. The molecule has 1 heterocycles. The molecule has 2 aromatic carbocycles. The van der Waals surface area contributed by atoms with Crippen LogP contribution < -0.4 is 15.4 Å². The molecule has 27 heavy (non-hydrogen) atoms. The summed E-state index contributed by atoms with van der Waals surface area (Å²) in [6.07, 6.45) is 3.36. The summed E-state index contributed by atoms with van der Waals surface area (Å²) < 4.78 is 5.20. The molecule has 0 bridgehead atoms. The van der Waals surface area contributed by atoms with Crippen LogP contribution in [0.2, 0.25) is 0 Å². The number of anilines is 2. The summed E-state index contributed by atoms with van der Waals surface area (Å²) in [7, 11) is 3.64. The van der Waals surface area contributed by atoms with E-state index in [1.54, 1.807) is 7.11 Å². The van der Waals surface area contributed by atoms with Crippen LogP contribution in [-0.4, -0.2) is 44.6 Å². The number of likely N-dealkylation sites (tertiary alicyclic amines) is 1. The Morgan fingerprint density at radius 3 is 2.48 bits per heavy atom. The van der Waals surface area contributed by atoms with Gasteiger partial charge in [-0.05, 0) is 75.2 Å². The van der Waals surface area contributed by atoms with Crippen LogP contribution in [0.15, 0.2) is 48.5 Å². The average Bonchev–Trinajstić information content (AvgIpc) is 2.73. The van der Waals surface area contributed by atoms with Gasteiger partial charge in [-0.25, -0.2) is 0 Å². The molecule has 2 aromatic rings. The lowest BCUT2D eigenvalue weighted by molar-refractivity contribution is 0.0688. The maximum atomic E-state index is 13.1. The van der Waals surface area contributed by atoms with E-state index >= 15 is 0 Å². The first-order valence-electron chi connectivity index (χ1n) is 9.65. The van der Waals surface area contributed by atoms with E-state index in [2.05, 4.69) is 10.6 Å². The molecule has 1 saturated heterocycles. The molecule has 0 radical (unpaired) electrons. The minimum Gasteiger partial charge on any atom is -0.497 e. The Morgan fingerprint density at radius 1 is 1.11 bits per heavy atom.